The molecule has 0 bridgehead atoms. The number of ether oxygens (including phenoxy) is 1. The maximum atomic E-state index is 11.1. The van der Waals surface area contributed by atoms with E-state index in [9.17, 15) is 4.79 Å². The van der Waals surface area contributed by atoms with E-state index >= 15 is 0 Å². The summed E-state index contributed by atoms with van der Waals surface area (Å²) >= 11 is 0. The van der Waals surface area contributed by atoms with E-state index < -0.39 is 0 Å². The van der Waals surface area contributed by atoms with Gasteiger partial charge in [-0.2, -0.15) is 0 Å². The summed E-state index contributed by atoms with van der Waals surface area (Å²) < 4.78 is 4.61. The first kappa shape index (κ1) is 10.8. The summed E-state index contributed by atoms with van der Waals surface area (Å²) in [5.74, 6) is 0. The van der Waals surface area contributed by atoms with Gasteiger partial charge in [0, 0.05) is 12.7 Å². The zero-order chi connectivity index (χ0) is 10.4. The fraction of sp³-hybridized carbons (Fsp3) is 0.545. The molecule has 0 radical (unpaired) electrons. The van der Waals surface area contributed by atoms with Gasteiger partial charge in [0.1, 0.15) is 0 Å². The van der Waals surface area contributed by atoms with Crippen molar-refractivity contribution in [2.75, 3.05) is 13.7 Å². The summed E-state index contributed by atoms with van der Waals surface area (Å²) in [5.41, 5.74) is 1.31. The van der Waals surface area contributed by atoms with Gasteiger partial charge in [0.25, 0.3) is 0 Å². The van der Waals surface area contributed by atoms with Crippen LogP contribution in [0.15, 0.2) is 23.9 Å². The van der Waals surface area contributed by atoms with Crippen LogP contribution in [-0.2, 0) is 4.74 Å². The largest absolute Gasteiger partial charge is 0.452 e. The molecular weight excluding hydrogens is 178 g/mol. The van der Waals surface area contributed by atoms with Crippen molar-refractivity contribution in [2.24, 2.45) is 0 Å². The number of hydrogen-bond donors (Lipinski definition) is 0. The third kappa shape index (κ3) is 2.91. The van der Waals surface area contributed by atoms with Gasteiger partial charge in [-0.15, -0.1) is 0 Å². The molecule has 0 aromatic heterocycles. The molecule has 0 N–H and O–H groups in total. The second-order valence-electron chi connectivity index (χ2n) is 3.32. The summed E-state index contributed by atoms with van der Waals surface area (Å²) in [6.45, 7) is 2.80. The lowest BCUT2D eigenvalue weighted by Crippen LogP contribution is -2.27. The second-order valence-corrected chi connectivity index (χ2v) is 3.32. The van der Waals surface area contributed by atoms with Crippen LogP contribution in [0.25, 0.3) is 0 Å². The van der Waals surface area contributed by atoms with E-state index in [0.29, 0.717) is 6.54 Å². The Hall–Kier alpha value is -1.25. The molecule has 0 saturated carbocycles. The van der Waals surface area contributed by atoms with Crippen molar-refractivity contribution < 1.29 is 9.53 Å². The van der Waals surface area contributed by atoms with Gasteiger partial charge in [-0.05, 0) is 24.5 Å². The Balaban J connectivity index is 2.41. The van der Waals surface area contributed by atoms with Crippen molar-refractivity contribution in [3.05, 3.63) is 23.9 Å². The van der Waals surface area contributed by atoms with E-state index in [0.717, 1.165) is 6.42 Å². The Kier molecular flexibility index (Phi) is 4.23. The summed E-state index contributed by atoms with van der Waals surface area (Å²) in [4.78, 5) is 12.7. The van der Waals surface area contributed by atoms with E-state index in [4.69, 9.17) is 0 Å². The molecule has 0 saturated heterocycles. The minimum absolute atomic E-state index is 0.299. The molecule has 1 heterocycles. The maximum Gasteiger partial charge on any atom is 0.413 e. The Morgan fingerprint density at radius 3 is 2.93 bits per heavy atom. The number of rotatable bonds is 3. The van der Waals surface area contributed by atoms with Gasteiger partial charge >= 0.3 is 6.09 Å². The molecule has 1 rings (SSSR count). The molecule has 3 heteroatoms. The number of carbonyl (C=O) groups is 1. The van der Waals surface area contributed by atoms with Gasteiger partial charge in [0.2, 0.25) is 0 Å². The summed E-state index contributed by atoms with van der Waals surface area (Å²) in [6.07, 6.45) is 9.05. The van der Waals surface area contributed by atoms with Gasteiger partial charge in [0.05, 0.1) is 7.11 Å². The van der Waals surface area contributed by atoms with Crippen LogP contribution in [0.5, 0.6) is 0 Å². The van der Waals surface area contributed by atoms with E-state index in [1.807, 2.05) is 6.08 Å². The molecule has 0 aromatic rings. The fourth-order valence-corrected chi connectivity index (χ4v) is 1.35. The second kappa shape index (κ2) is 5.47. The lowest BCUT2D eigenvalue weighted by molar-refractivity contribution is 0.143. The molecule has 0 aliphatic carbocycles. The number of carbonyl (C=O) groups excluding carboxylic acids is 1. The zero-order valence-corrected chi connectivity index (χ0v) is 8.82. The van der Waals surface area contributed by atoms with Crippen LogP contribution in [0.2, 0.25) is 0 Å². The van der Waals surface area contributed by atoms with Crippen molar-refractivity contribution in [3.8, 4) is 0 Å². The van der Waals surface area contributed by atoms with E-state index in [1.54, 1.807) is 11.1 Å². The molecule has 1 aliphatic heterocycles. The smallest absolute Gasteiger partial charge is 0.413 e. The highest BCUT2D eigenvalue weighted by Crippen LogP contribution is 2.14. The summed E-state index contributed by atoms with van der Waals surface area (Å²) in [5, 5.41) is 0. The lowest BCUT2D eigenvalue weighted by Gasteiger charge is -2.19. The number of nitrogens with zero attached hydrogens (tertiary/aromatic N) is 1. The minimum Gasteiger partial charge on any atom is -0.452 e. The Morgan fingerprint density at radius 2 is 2.43 bits per heavy atom. The van der Waals surface area contributed by atoms with Gasteiger partial charge in [-0.3, -0.25) is 4.90 Å². The molecule has 0 spiro atoms. The fourth-order valence-electron chi connectivity index (χ4n) is 1.35. The van der Waals surface area contributed by atoms with Crippen molar-refractivity contribution in [3.63, 3.8) is 0 Å². The number of hydrogen-bond acceptors (Lipinski definition) is 2. The maximum absolute atomic E-state index is 11.1. The highest BCUT2D eigenvalue weighted by molar-refractivity contribution is 5.69. The zero-order valence-electron chi connectivity index (χ0n) is 8.82. The Morgan fingerprint density at radius 1 is 1.64 bits per heavy atom. The van der Waals surface area contributed by atoms with Crippen molar-refractivity contribution >= 4 is 6.09 Å². The number of methoxy groups -OCH3 is 1. The van der Waals surface area contributed by atoms with Gasteiger partial charge < -0.3 is 4.74 Å². The van der Waals surface area contributed by atoms with Crippen molar-refractivity contribution in [1.29, 1.82) is 0 Å². The quantitative estimate of drug-likeness (QED) is 0.693. The van der Waals surface area contributed by atoms with Crippen molar-refractivity contribution in [2.45, 2.75) is 26.2 Å². The molecule has 0 aromatic carbocycles. The first-order valence-electron chi connectivity index (χ1n) is 4.99. The highest BCUT2D eigenvalue weighted by atomic mass is 16.5. The molecule has 1 amide bonds. The van der Waals surface area contributed by atoms with Crippen LogP contribution in [0.1, 0.15) is 26.2 Å². The van der Waals surface area contributed by atoms with Gasteiger partial charge in [0.15, 0.2) is 0 Å². The first-order chi connectivity index (χ1) is 6.77. The number of allylic oxidation sites excluding steroid dienone is 2. The minimum atomic E-state index is -0.299. The molecule has 1 aliphatic rings. The topological polar surface area (TPSA) is 29.5 Å². The number of unbranched alkanes of at least 4 members (excludes halogenated alkanes) is 1. The SMILES string of the molecule is CCCCC1=CCN(C(=O)OC)C=C1. The predicted octanol–water partition coefficient (Wildman–Crippen LogP) is 2.70. The van der Waals surface area contributed by atoms with Crippen LogP contribution in [0, 0.1) is 0 Å². The van der Waals surface area contributed by atoms with Gasteiger partial charge in [-0.1, -0.05) is 19.4 Å². The molecule has 78 valence electrons. The van der Waals surface area contributed by atoms with E-state index in [-0.39, 0.29) is 6.09 Å². The van der Waals surface area contributed by atoms with Crippen LogP contribution in [0.3, 0.4) is 0 Å². The first-order valence-corrected chi connectivity index (χ1v) is 4.99. The Bertz CT molecular complexity index is 256. The van der Waals surface area contributed by atoms with Crippen LogP contribution in [0.4, 0.5) is 4.79 Å². The average molecular weight is 195 g/mol. The molecule has 0 atom stereocenters. The lowest BCUT2D eigenvalue weighted by atomic mass is 10.1. The van der Waals surface area contributed by atoms with Crippen LogP contribution < -0.4 is 0 Å². The van der Waals surface area contributed by atoms with Crippen molar-refractivity contribution in [1.82, 2.24) is 4.90 Å². The molecule has 3 nitrogen and oxygen atoms in total. The standard InChI is InChI=1S/C11H17NO2/c1-3-4-5-10-6-8-12(9-7-10)11(13)14-2/h6-8H,3-5,9H2,1-2H3. The molecular formula is C11H17NO2. The van der Waals surface area contributed by atoms with E-state index in [1.165, 1.54) is 25.5 Å². The Labute approximate surface area is 85.0 Å². The molecule has 14 heavy (non-hydrogen) atoms. The molecule has 0 unspecified atom stereocenters. The monoisotopic (exact) mass is 195 g/mol. The predicted molar refractivity (Wildman–Crippen MR) is 55.9 cm³/mol. The summed E-state index contributed by atoms with van der Waals surface area (Å²) in [7, 11) is 1.40. The average Bonchev–Trinajstić information content (AvgIpc) is 2.26. The van der Waals surface area contributed by atoms with Gasteiger partial charge in [-0.25, -0.2) is 4.79 Å². The van der Waals surface area contributed by atoms with E-state index in [2.05, 4.69) is 17.7 Å². The summed E-state index contributed by atoms with van der Waals surface area (Å²) in [6, 6.07) is 0. The molecule has 0 fully saturated rings. The van der Waals surface area contributed by atoms with Crippen LogP contribution in [-0.4, -0.2) is 24.6 Å². The van der Waals surface area contributed by atoms with Crippen LogP contribution >= 0.6 is 0 Å². The third-order valence-electron chi connectivity index (χ3n) is 2.25. The third-order valence-corrected chi connectivity index (χ3v) is 2.25. The number of amides is 1. The normalized spacial score (nSPS) is 15.3. The highest BCUT2D eigenvalue weighted by Gasteiger charge is 2.11.